The first-order valence-electron chi connectivity index (χ1n) is 6.69. The molecular weight excluding hydrogens is 232 g/mol. The predicted molar refractivity (Wildman–Crippen MR) is 75.5 cm³/mol. The minimum absolute atomic E-state index is 0.0541. The van der Waals surface area contributed by atoms with Crippen molar-refractivity contribution < 1.29 is 4.79 Å². The Morgan fingerprint density at radius 3 is 2.88 bits per heavy atom. The molecule has 0 aromatic rings. The molecule has 0 radical (unpaired) electrons. The van der Waals surface area contributed by atoms with Gasteiger partial charge in [-0.2, -0.15) is 11.8 Å². The normalized spacial score (nSPS) is 22.9. The van der Waals surface area contributed by atoms with Crippen molar-refractivity contribution >= 4 is 17.7 Å². The highest BCUT2D eigenvalue weighted by Crippen LogP contribution is 2.14. The van der Waals surface area contributed by atoms with E-state index < -0.39 is 0 Å². The Balaban J connectivity index is 2.53. The molecule has 4 heteroatoms. The SMILES string of the molecule is CCC(CSC)N(C)C(=O)C1CCCCCN1. The molecule has 1 aliphatic rings. The van der Waals surface area contributed by atoms with E-state index in [0.717, 1.165) is 25.1 Å². The van der Waals surface area contributed by atoms with E-state index >= 15 is 0 Å². The molecule has 1 heterocycles. The summed E-state index contributed by atoms with van der Waals surface area (Å²) in [7, 11) is 1.96. The lowest BCUT2D eigenvalue weighted by molar-refractivity contribution is -0.134. The van der Waals surface area contributed by atoms with Crippen LogP contribution in [0.5, 0.6) is 0 Å². The number of hydrogen-bond donors (Lipinski definition) is 1. The molecule has 1 N–H and O–H groups in total. The minimum Gasteiger partial charge on any atom is -0.341 e. The van der Waals surface area contributed by atoms with Crippen LogP contribution in [0.1, 0.15) is 39.0 Å². The highest BCUT2D eigenvalue weighted by molar-refractivity contribution is 7.98. The maximum atomic E-state index is 12.4. The quantitative estimate of drug-likeness (QED) is 0.820. The minimum atomic E-state index is 0.0541. The summed E-state index contributed by atoms with van der Waals surface area (Å²) in [5, 5.41) is 3.39. The van der Waals surface area contributed by atoms with Crippen molar-refractivity contribution in [3.05, 3.63) is 0 Å². The van der Waals surface area contributed by atoms with E-state index in [4.69, 9.17) is 0 Å². The zero-order valence-electron chi connectivity index (χ0n) is 11.4. The smallest absolute Gasteiger partial charge is 0.239 e. The summed E-state index contributed by atoms with van der Waals surface area (Å²) in [4.78, 5) is 14.3. The molecule has 3 nitrogen and oxygen atoms in total. The van der Waals surface area contributed by atoms with Gasteiger partial charge in [-0.15, -0.1) is 0 Å². The maximum absolute atomic E-state index is 12.4. The number of rotatable bonds is 5. The molecule has 0 aliphatic carbocycles. The van der Waals surface area contributed by atoms with E-state index in [9.17, 15) is 4.79 Å². The Hall–Kier alpha value is -0.220. The van der Waals surface area contributed by atoms with E-state index in [1.54, 1.807) is 0 Å². The second-order valence-corrected chi connectivity index (χ2v) is 5.73. The van der Waals surface area contributed by atoms with Crippen LogP contribution in [0, 0.1) is 0 Å². The molecule has 0 spiro atoms. The number of carbonyl (C=O) groups excluding carboxylic acids is 1. The summed E-state index contributed by atoms with van der Waals surface area (Å²) in [5.74, 6) is 1.32. The lowest BCUT2D eigenvalue weighted by atomic mass is 10.1. The lowest BCUT2D eigenvalue weighted by Gasteiger charge is -2.30. The Morgan fingerprint density at radius 2 is 2.24 bits per heavy atom. The van der Waals surface area contributed by atoms with Gasteiger partial charge in [-0.1, -0.05) is 19.8 Å². The Labute approximate surface area is 110 Å². The van der Waals surface area contributed by atoms with Gasteiger partial charge >= 0.3 is 0 Å². The molecule has 2 atom stereocenters. The van der Waals surface area contributed by atoms with Crippen LogP contribution in [0.25, 0.3) is 0 Å². The first-order valence-corrected chi connectivity index (χ1v) is 8.09. The van der Waals surface area contributed by atoms with Gasteiger partial charge in [-0.05, 0) is 32.1 Å². The highest BCUT2D eigenvalue weighted by atomic mass is 32.2. The van der Waals surface area contributed by atoms with E-state index in [1.165, 1.54) is 19.3 Å². The predicted octanol–water partition coefficient (Wildman–Crippen LogP) is 2.12. The molecule has 0 aromatic heterocycles. The second kappa shape index (κ2) is 7.98. The summed E-state index contributed by atoms with van der Waals surface area (Å²) in [6.07, 6.45) is 7.77. The molecule has 1 rings (SSSR count). The number of amides is 1. The number of hydrogen-bond acceptors (Lipinski definition) is 3. The van der Waals surface area contributed by atoms with Gasteiger partial charge in [0.2, 0.25) is 5.91 Å². The van der Waals surface area contributed by atoms with Crippen LogP contribution < -0.4 is 5.32 Å². The molecule has 2 unspecified atom stereocenters. The average Bonchev–Trinajstić information content (AvgIpc) is 2.63. The Morgan fingerprint density at radius 1 is 1.47 bits per heavy atom. The van der Waals surface area contributed by atoms with Crippen LogP contribution in [0.2, 0.25) is 0 Å². The maximum Gasteiger partial charge on any atom is 0.239 e. The van der Waals surface area contributed by atoms with Gasteiger partial charge in [-0.3, -0.25) is 4.79 Å². The molecule has 1 fully saturated rings. The summed E-state index contributed by atoms with van der Waals surface area (Å²) in [5.41, 5.74) is 0. The van der Waals surface area contributed by atoms with Crippen molar-refractivity contribution in [2.24, 2.45) is 0 Å². The second-order valence-electron chi connectivity index (χ2n) is 4.82. The summed E-state index contributed by atoms with van der Waals surface area (Å²) in [6.45, 7) is 3.15. The van der Waals surface area contributed by atoms with Gasteiger partial charge in [0.25, 0.3) is 0 Å². The highest BCUT2D eigenvalue weighted by Gasteiger charge is 2.26. The molecule has 0 aromatic carbocycles. The van der Waals surface area contributed by atoms with Crippen LogP contribution in [0.4, 0.5) is 0 Å². The average molecular weight is 258 g/mol. The number of nitrogens with zero attached hydrogens (tertiary/aromatic N) is 1. The molecule has 0 bridgehead atoms. The zero-order chi connectivity index (χ0) is 12.7. The number of carbonyl (C=O) groups is 1. The topological polar surface area (TPSA) is 32.3 Å². The number of likely N-dealkylation sites (N-methyl/N-ethyl adjacent to an activating group) is 1. The van der Waals surface area contributed by atoms with Crippen molar-refractivity contribution in [1.82, 2.24) is 10.2 Å². The van der Waals surface area contributed by atoms with Gasteiger partial charge in [0, 0.05) is 18.8 Å². The third-order valence-electron chi connectivity index (χ3n) is 3.58. The van der Waals surface area contributed by atoms with Crippen molar-refractivity contribution in [2.45, 2.75) is 51.1 Å². The van der Waals surface area contributed by atoms with Gasteiger partial charge in [0.05, 0.1) is 6.04 Å². The van der Waals surface area contributed by atoms with Crippen LogP contribution >= 0.6 is 11.8 Å². The summed E-state index contributed by atoms with van der Waals surface area (Å²) < 4.78 is 0. The molecule has 1 aliphatic heterocycles. The fourth-order valence-electron chi connectivity index (χ4n) is 2.36. The Kier molecular flexibility index (Phi) is 6.97. The number of nitrogens with one attached hydrogen (secondary N) is 1. The summed E-state index contributed by atoms with van der Waals surface area (Å²) >= 11 is 1.82. The third kappa shape index (κ3) is 4.51. The monoisotopic (exact) mass is 258 g/mol. The first-order chi connectivity index (χ1) is 8.20. The van der Waals surface area contributed by atoms with E-state index in [1.807, 2.05) is 23.7 Å². The Bertz CT molecular complexity index is 227. The van der Waals surface area contributed by atoms with Gasteiger partial charge in [0.1, 0.15) is 0 Å². The van der Waals surface area contributed by atoms with Crippen LogP contribution in [0.3, 0.4) is 0 Å². The van der Waals surface area contributed by atoms with Crippen molar-refractivity contribution in [3.63, 3.8) is 0 Å². The van der Waals surface area contributed by atoms with Crippen molar-refractivity contribution in [2.75, 3.05) is 25.6 Å². The molecule has 17 heavy (non-hydrogen) atoms. The van der Waals surface area contributed by atoms with Crippen LogP contribution in [-0.4, -0.2) is 48.5 Å². The fourth-order valence-corrected chi connectivity index (χ4v) is 3.21. The number of thioether (sulfide) groups is 1. The third-order valence-corrected chi connectivity index (χ3v) is 4.30. The van der Waals surface area contributed by atoms with Crippen LogP contribution in [-0.2, 0) is 4.79 Å². The standard InChI is InChI=1S/C13H26N2OS/c1-4-11(10-17-3)15(2)13(16)12-8-6-5-7-9-14-12/h11-12,14H,4-10H2,1-3H3. The van der Waals surface area contributed by atoms with Gasteiger partial charge in [0.15, 0.2) is 0 Å². The largest absolute Gasteiger partial charge is 0.341 e. The molecule has 0 saturated carbocycles. The van der Waals surface area contributed by atoms with E-state index in [0.29, 0.717) is 6.04 Å². The molecular formula is C13H26N2OS. The lowest BCUT2D eigenvalue weighted by Crippen LogP contribution is -2.49. The fraction of sp³-hybridized carbons (Fsp3) is 0.923. The van der Waals surface area contributed by atoms with Gasteiger partial charge in [-0.25, -0.2) is 0 Å². The molecule has 1 amide bonds. The molecule has 1 saturated heterocycles. The van der Waals surface area contributed by atoms with E-state index in [2.05, 4.69) is 18.5 Å². The summed E-state index contributed by atoms with van der Waals surface area (Å²) in [6, 6.07) is 0.431. The van der Waals surface area contributed by atoms with Gasteiger partial charge < -0.3 is 10.2 Å². The van der Waals surface area contributed by atoms with E-state index in [-0.39, 0.29) is 11.9 Å². The molecule has 100 valence electrons. The van der Waals surface area contributed by atoms with Crippen LogP contribution in [0.15, 0.2) is 0 Å². The van der Waals surface area contributed by atoms with Crippen molar-refractivity contribution in [3.8, 4) is 0 Å². The zero-order valence-corrected chi connectivity index (χ0v) is 12.2. The first kappa shape index (κ1) is 14.8. The van der Waals surface area contributed by atoms with Crippen molar-refractivity contribution in [1.29, 1.82) is 0 Å².